The van der Waals surface area contributed by atoms with E-state index < -0.39 is 23.8 Å². The van der Waals surface area contributed by atoms with Crippen molar-refractivity contribution < 1.29 is 34.0 Å². The molecule has 0 spiro atoms. The Hall–Kier alpha value is -4.53. The Morgan fingerprint density at radius 2 is 1.62 bits per heavy atom. The molecule has 1 amide bonds. The number of rotatable bonds is 9. The Labute approximate surface area is 267 Å². The number of carboxylic acid groups (broad SMARTS) is 1. The summed E-state index contributed by atoms with van der Waals surface area (Å²) in [5.74, 6) is 0.474. The molecule has 1 aliphatic carbocycles. The van der Waals surface area contributed by atoms with Crippen molar-refractivity contribution >= 4 is 23.7 Å². The van der Waals surface area contributed by atoms with Crippen molar-refractivity contribution in [2.75, 3.05) is 6.54 Å². The Bertz CT molecular complexity index is 1670. The van der Waals surface area contributed by atoms with Crippen molar-refractivity contribution in [1.82, 2.24) is 4.90 Å². The third-order valence-electron chi connectivity index (χ3n) is 7.44. The number of carbonyl (C=O) groups is 2. The maximum atomic E-state index is 13.4. The van der Waals surface area contributed by atoms with Gasteiger partial charge in [0, 0.05) is 11.1 Å². The number of aromatic carboxylic acids is 1. The van der Waals surface area contributed by atoms with Gasteiger partial charge in [0.05, 0.1) is 12.6 Å². The molecule has 0 unspecified atom stereocenters. The molecular formula is C36H36ClNO7. The standard InChI is InChI=1S/C36H36ClNO7/c1-36(2,3)45-35(42)38(22-32(39)24-8-7-9-26(37)18-24)27-14-12-23-13-15-29(20-25(23)19-27)43-30-16-17-33(31(21-30)34(40)41)44-28-10-5-4-6-11-28/h4-11,13,15-18,20-21,27,32,39H,12,14,19,22H2,1-3H3,(H,40,41)/t27-,32-/m0/s1. The number of hydrogen-bond acceptors (Lipinski definition) is 6. The van der Waals surface area contributed by atoms with Gasteiger partial charge in [-0.05, 0) is 111 Å². The fraction of sp³-hybridized carbons (Fsp3) is 0.278. The van der Waals surface area contributed by atoms with Crippen LogP contribution in [0.5, 0.6) is 23.0 Å². The van der Waals surface area contributed by atoms with Crippen molar-refractivity contribution in [1.29, 1.82) is 0 Å². The number of ether oxygens (including phenoxy) is 3. The highest BCUT2D eigenvalue weighted by atomic mass is 35.5. The van der Waals surface area contributed by atoms with Crippen molar-refractivity contribution in [2.24, 2.45) is 0 Å². The number of para-hydroxylation sites is 1. The smallest absolute Gasteiger partial charge is 0.410 e. The van der Waals surface area contributed by atoms with Crippen molar-refractivity contribution in [3.05, 3.63) is 118 Å². The number of aliphatic hydroxyl groups excluding tert-OH is 1. The van der Waals surface area contributed by atoms with Crippen molar-refractivity contribution in [2.45, 2.75) is 57.8 Å². The molecular weight excluding hydrogens is 594 g/mol. The molecule has 4 aromatic rings. The van der Waals surface area contributed by atoms with E-state index in [1.54, 1.807) is 53.4 Å². The highest BCUT2D eigenvalue weighted by molar-refractivity contribution is 6.30. The zero-order chi connectivity index (χ0) is 32.1. The van der Waals surface area contributed by atoms with Crippen LogP contribution < -0.4 is 9.47 Å². The Morgan fingerprint density at radius 3 is 2.33 bits per heavy atom. The fourth-order valence-corrected chi connectivity index (χ4v) is 5.52. The summed E-state index contributed by atoms with van der Waals surface area (Å²) >= 11 is 6.15. The van der Waals surface area contributed by atoms with Crippen LogP contribution in [0, 0.1) is 0 Å². The molecule has 0 fully saturated rings. The zero-order valence-corrected chi connectivity index (χ0v) is 26.2. The average molecular weight is 630 g/mol. The van der Waals surface area contributed by atoms with Gasteiger partial charge in [-0.2, -0.15) is 0 Å². The second kappa shape index (κ2) is 13.6. The highest BCUT2D eigenvalue weighted by Gasteiger charge is 2.33. The molecule has 0 heterocycles. The molecule has 9 heteroatoms. The topological polar surface area (TPSA) is 106 Å². The largest absolute Gasteiger partial charge is 0.478 e. The molecule has 2 N–H and O–H groups in total. The molecule has 0 aliphatic heterocycles. The lowest BCUT2D eigenvalue weighted by atomic mass is 9.87. The normalized spacial score (nSPS) is 15.0. The summed E-state index contributed by atoms with van der Waals surface area (Å²) in [4.78, 5) is 27.1. The van der Waals surface area contributed by atoms with E-state index >= 15 is 0 Å². The van der Waals surface area contributed by atoms with Gasteiger partial charge in [0.15, 0.2) is 0 Å². The molecule has 0 bridgehead atoms. The SMILES string of the molecule is CC(C)(C)OC(=O)N(C[C@H](O)c1cccc(Cl)c1)[C@H]1CCc2ccc(Oc3ccc(Oc4ccccc4)c(C(=O)O)c3)cc2C1. The molecule has 0 saturated carbocycles. The summed E-state index contributed by atoms with van der Waals surface area (Å²) in [6.07, 6.45) is 0.493. The summed E-state index contributed by atoms with van der Waals surface area (Å²) in [6, 6.07) is 26.1. The highest BCUT2D eigenvalue weighted by Crippen LogP contribution is 2.34. The number of halogens is 1. The first-order chi connectivity index (χ1) is 21.4. The summed E-state index contributed by atoms with van der Waals surface area (Å²) in [5.41, 5.74) is 2.01. The van der Waals surface area contributed by atoms with E-state index in [4.69, 9.17) is 25.8 Å². The van der Waals surface area contributed by atoms with E-state index in [1.807, 2.05) is 57.2 Å². The fourth-order valence-electron chi connectivity index (χ4n) is 5.32. The quantitative estimate of drug-likeness (QED) is 0.191. The van der Waals surface area contributed by atoms with E-state index in [-0.39, 0.29) is 23.9 Å². The van der Waals surface area contributed by atoms with Gasteiger partial charge in [-0.3, -0.25) is 0 Å². The van der Waals surface area contributed by atoms with Crippen LogP contribution in [0.4, 0.5) is 4.79 Å². The van der Waals surface area contributed by atoms with Crippen LogP contribution in [0.1, 0.15) is 60.3 Å². The van der Waals surface area contributed by atoms with Crippen LogP contribution in [0.25, 0.3) is 0 Å². The molecule has 5 rings (SSSR count). The summed E-state index contributed by atoms with van der Waals surface area (Å²) in [6.45, 7) is 5.48. The van der Waals surface area contributed by atoms with Gasteiger partial charge in [0.1, 0.15) is 34.2 Å². The molecule has 2 atom stereocenters. The van der Waals surface area contributed by atoms with Crippen molar-refractivity contribution in [3.63, 3.8) is 0 Å². The second-order valence-corrected chi connectivity index (χ2v) is 12.4. The number of aliphatic hydroxyl groups is 1. The number of carboxylic acids is 1. The predicted molar refractivity (Wildman–Crippen MR) is 172 cm³/mol. The predicted octanol–water partition coefficient (Wildman–Crippen LogP) is 8.45. The first-order valence-electron chi connectivity index (χ1n) is 14.8. The number of carbonyl (C=O) groups excluding carboxylic acids is 1. The Kier molecular flexibility index (Phi) is 9.65. The lowest BCUT2D eigenvalue weighted by Crippen LogP contribution is -2.47. The third kappa shape index (κ3) is 8.35. The Balaban J connectivity index is 1.35. The average Bonchev–Trinajstić information content (AvgIpc) is 2.99. The lowest BCUT2D eigenvalue weighted by Gasteiger charge is -2.37. The van der Waals surface area contributed by atoms with Crippen LogP contribution in [0.3, 0.4) is 0 Å². The number of nitrogens with zero attached hydrogens (tertiary/aromatic N) is 1. The van der Waals surface area contributed by atoms with Gasteiger partial charge < -0.3 is 29.3 Å². The molecule has 4 aromatic carbocycles. The molecule has 0 radical (unpaired) electrons. The summed E-state index contributed by atoms with van der Waals surface area (Å²) in [5, 5.41) is 21.4. The monoisotopic (exact) mass is 629 g/mol. The molecule has 8 nitrogen and oxygen atoms in total. The maximum Gasteiger partial charge on any atom is 0.410 e. The van der Waals surface area contributed by atoms with E-state index in [0.29, 0.717) is 40.7 Å². The molecule has 45 heavy (non-hydrogen) atoms. The first-order valence-corrected chi connectivity index (χ1v) is 15.2. The van der Waals surface area contributed by atoms with Crippen LogP contribution in [-0.2, 0) is 17.6 Å². The zero-order valence-electron chi connectivity index (χ0n) is 25.4. The lowest BCUT2D eigenvalue weighted by molar-refractivity contribution is 0.00194. The minimum atomic E-state index is -1.14. The third-order valence-corrected chi connectivity index (χ3v) is 7.68. The number of amides is 1. The summed E-state index contributed by atoms with van der Waals surface area (Å²) in [7, 11) is 0. The van der Waals surface area contributed by atoms with Crippen molar-refractivity contribution in [3.8, 4) is 23.0 Å². The summed E-state index contributed by atoms with van der Waals surface area (Å²) < 4.78 is 17.6. The minimum Gasteiger partial charge on any atom is -0.478 e. The molecule has 0 saturated heterocycles. The number of fused-ring (bicyclic) bond motifs is 1. The first kappa shape index (κ1) is 31.9. The van der Waals surface area contributed by atoms with Gasteiger partial charge >= 0.3 is 12.1 Å². The molecule has 234 valence electrons. The van der Waals surface area contributed by atoms with Crippen LogP contribution in [-0.4, -0.2) is 45.4 Å². The van der Waals surface area contributed by atoms with E-state index in [2.05, 4.69) is 0 Å². The van der Waals surface area contributed by atoms with Gasteiger partial charge in [-0.1, -0.05) is 48.0 Å². The second-order valence-electron chi connectivity index (χ2n) is 12.0. The number of hydrogen-bond donors (Lipinski definition) is 2. The van der Waals surface area contributed by atoms with E-state index in [1.165, 1.54) is 6.07 Å². The Morgan fingerprint density at radius 1 is 0.889 bits per heavy atom. The molecule has 0 aromatic heterocycles. The van der Waals surface area contributed by atoms with E-state index in [9.17, 15) is 19.8 Å². The minimum absolute atomic E-state index is 0.0272. The van der Waals surface area contributed by atoms with Crippen LogP contribution >= 0.6 is 11.6 Å². The number of aryl methyl sites for hydroxylation is 1. The van der Waals surface area contributed by atoms with E-state index in [0.717, 1.165) is 17.5 Å². The molecule has 1 aliphatic rings. The van der Waals surface area contributed by atoms with Gasteiger partial charge in [0.25, 0.3) is 0 Å². The van der Waals surface area contributed by atoms with Crippen LogP contribution in [0.15, 0.2) is 91.0 Å². The van der Waals surface area contributed by atoms with Crippen LogP contribution in [0.2, 0.25) is 5.02 Å². The number of benzene rings is 4. The van der Waals surface area contributed by atoms with Gasteiger partial charge in [-0.25, -0.2) is 9.59 Å². The maximum absolute atomic E-state index is 13.4. The van der Waals surface area contributed by atoms with Gasteiger partial charge in [-0.15, -0.1) is 0 Å². The van der Waals surface area contributed by atoms with Gasteiger partial charge in [0.2, 0.25) is 0 Å².